The van der Waals surface area contributed by atoms with Crippen LogP contribution in [0.5, 0.6) is 0 Å². The lowest BCUT2D eigenvalue weighted by molar-refractivity contribution is 0.0835. The van der Waals surface area contributed by atoms with E-state index in [0.717, 1.165) is 53.3 Å². The highest BCUT2D eigenvalue weighted by molar-refractivity contribution is 6.09. The van der Waals surface area contributed by atoms with Gasteiger partial charge in [0.1, 0.15) is 6.10 Å². The van der Waals surface area contributed by atoms with Crippen molar-refractivity contribution in [3.05, 3.63) is 24.7 Å². The molecule has 1 amide bonds. The van der Waals surface area contributed by atoms with Crippen molar-refractivity contribution in [1.82, 2.24) is 25.5 Å². The summed E-state index contributed by atoms with van der Waals surface area (Å²) < 4.78 is 5.68. The van der Waals surface area contributed by atoms with Crippen LogP contribution in [0.1, 0.15) is 32.6 Å². The molecule has 1 saturated heterocycles. The molecule has 2 atom stereocenters. The van der Waals surface area contributed by atoms with E-state index in [1.54, 1.807) is 12.4 Å². The van der Waals surface area contributed by atoms with Gasteiger partial charge in [0.15, 0.2) is 5.65 Å². The SMILES string of the molecule is CC1CCC(OC(=O)NC2CC2)CN1c1cn[nH]c2cnc3nccc3c12. The number of piperidine rings is 1. The topological polar surface area (TPSA) is 96.0 Å². The molecule has 1 saturated carbocycles. The van der Waals surface area contributed by atoms with Crippen molar-refractivity contribution in [2.75, 3.05) is 11.4 Å². The summed E-state index contributed by atoms with van der Waals surface area (Å²) in [7, 11) is 0. The van der Waals surface area contributed by atoms with Gasteiger partial charge in [0.2, 0.25) is 0 Å². The molecule has 0 radical (unpaired) electrons. The lowest BCUT2D eigenvalue weighted by Crippen LogP contribution is -2.47. The molecule has 2 aliphatic rings. The van der Waals surface area contributed by atoms with Gasteiger partial charge in [0.25, 0.3) is 0 Å². The molecule has 2 fully saturated rings. The summed E-state index contributed by atoms with van der Waals surface area (Å²) in [5, 5.41) is 12.3. The lowest BCUT2D eigenvalue weighted by Gasteiger charge is -2.39. The van der Waals surface area contributed by atoms with Gasteiger partial charge in [-0.25, -0.2) is 14.8 Å². The van der Waals surface area contributed by atoms with Crippen LogP contribution < -0.4 is 10.2 Å². The molecule has 5 rings (SSSR count). The van der Waals surface area contributed by atoms with Crippen LogP contribution in [0, 0.1) is 0 Å². The minimum absolute atomic E-state index is 0.130. The number of anilines is 1. The third-order valence-corrected chi connectivity index (χ3v) is 5.48. The maximum absolute atomic E-state index is 12.1. The Labute approximate surface area is 156 Å². The molecule has 0 bridgehead atoms. The van der Waals surface area contributed by atoms with Gasteiger partial charge in [-0.1, -0.05) is 0 Å². The van der Waals surface area contributed by atoms with Crippen LogP contribution in [0.3, 0.4) is 0 Å². The summed E-state index contributed by atoms with van der Waals surface area (Å²) in [6, 6.07) is 2.61. The van der Waals surface area contributed by atoms with Crippen molar-refractivity contribution in [1.29, 1.82) is 0 Å². The van der Waals surface area contributed by atoms with Crippen LogP contribution in [0.15, 0.2) is 24.7 Å². The monoisotopic (exact) mass is 366 g/mol. The van der Waals surface area contributed by atoms with E-state index in [1.165, 1.54) is 0 Å². The van der Waals surface area contributed by atoms with Crippen molar-refractivity contribution in [2.24, 2.45) is 0 Å². The van der Waals surface area contributed by atoms with Crippen LogP contribution in [-0.2, 0) is 4.74 Å². The normalized spacial score (nSPS) is 22.9. The number of H-pyrrole nitrogens is 1. The summed E-state index contributed by atoms with van der Waals surface area (Å²) in [5.74, 6) is 0. The number of hydrogen-bond donors (Lipinski definition) is 2. The van der Waals surface area contributed by atoms with E-state index in [4.69, 9.17) is 4.74 Å². The number of hydrogen-bond acceptors (Lipinski definition) is 6. The van der Waals surface area contributed by atoms with Gasteiger partial charge in [-0.05, 0) is 38.7 Å². The fourth-order valence-electron chi connectivity index (χ4n) is 3.85. The van der Waals surface area contributed by atoms with E-state index in [-0.39, 0.29) is 12.2 Å². The lowest BCUT2D eigenvalue weighted by atomic mass is 9.99. The van der Waals surface area contributed by atoms with Crippen molar-refractivity contribution >= 4 is 33.7 Å². The molecule has 1 aliphatic carbocycles. The Hall–Kier alpha value is -2.90. The number of amides is 1. The summed E-state index contributed by atoms with van der Waals surface area (Å²) in [4.78, 5) is 23.0. The van der Waals surface area contributed by atoms with E-state index in [2.05, 4.69) is 37.3 Å². The first-order valence-electron chi connectivity index (χ1n) is 9.49. The average Bonchev–Trinajstić information content (AvgIpc) is 3.34. The fraction of sp³-hybridized carbons (Fsp3) is 0.474. The van der Waals surface area contributed by atoms with Crippen molar-refractivity contribution in [3.63, 3.8) is 0 Å². The Morgan fingerprint density at radius 1 is 1.26 bits per heavy atom. The number of aromatic amines is 1. The quantitative estimate of drug-likeness (QED) is 0.740. The predicted octanol–water partition coefficient (Wildman–Crippen LogP) is 2.75. The third-order valence-electron chi connectivity index (χ3n) is 5.48. The molecule has 8 nitrogen and oxygen atoms in total. The Balaban J connectivity index is 1.46. The minimum atomic E-state index is -0.298. The van der Waals surface area contributed by atoms with Crippen molar-refractivity contribution in [2.45, 2.75) is 50.8 Å². The molecule has 0 aromatic carbocycles. The van der Waals surface area contributed by atoms with Crippen LogP contribution in [0.4, 0.5) is 10.5 Å². The third kappa shape index (κ3) is 3.05. The zero-order chi connectivity index (χ0) is 18.4. The molecular weight excluding hydrogens is 344 g/mol. The Bertz CT molecular complexity index is 998. The van der Waals surface area contributed by atoms with Gasteiger partial charge in [-0.2, -0.15) is 5.10 Å². The summed E-state index contributed by atoms with van der Waals surface area (Å²) in [6.07, 6.45) is 8.89. The first kappa shape index (κ1) is 16.3. The summed E-state index contributed by atoms with van der Waals surface area (Å²) >= 11 is 0. The van der Waals surface area contributed by atoms with E-state index < -0.39 is 0 Å². The second-order valence-corrected chi connectivity index (χ2v) is 7.51. The van der Waals surface area contributed by atoms with Crippen LogP contribution >= 0.6 is 0 Å². The first-order valence-corrected chi connectivity index (χ1v) is 9.49. The molecule has 8 heteroatoms. The van der Waals surface area contributed by atoms with Crippen LogP contribution in [0.2, 0.25) is 0 Å². The van der Waals surface area contributed by atoms with E-state index in [9.17, 15) is 4.79 Å². The number of rotatable bonds is 3. The van der Waals surface area contributed by atoms with Gasteiger partial charge in [0.05, 0.1) is 30.1 Å². The first-order chi connectivity index (χ1) is 13.2. The maximum atomic E-state index is 12.1. The molecular formula is C19H22N6O2. The number of nitrogens with zero attached hydrogens (tertiary/aromatic N) is 4. The smallest absolute Gasteiger partial charge is 0.407 e. The van der Waals surface area contributed by atoms with E-state index in [1.807, 2.05) is 12.3 Å². The largest absolute Gasteiger partial charge is 0.444 e. The Morgan fingerprint density at radius 3 is 3.00 bits per heavy atom. The molecule has 140 valence electrons. The zero-order valence-corrected chi connectivity index (χ0v) is 15.2. The maximum Gasteiger partial charge on any atom is 0.407 e. The number of ether oxygens (including phenoxy) is 1. The van der Waals surface area contributed by atoms with Gasteiger partial charge in [-0.3, -0.25) is 5.10 Å². The van der Waals surface area contributed by atoms with Crippen molar-refractivity contribution in [3.8, 4) is 0 Å². The molecule has 1 aliphatic heterocycles. The number of aromatic nitrogens is 4. The molecule has 2 unspecified atom stereocenters. The molecule has 3 aromatic rings. The second kappa shape index (κ2) is 6.37. The van der Waals surface area contributed by atoms with Gasteiger partial charge in [-0.15, -0.1) is 0 Å². The van der Waals surface area contributed by atoms with Gasteiger partial charge >= 0.3 is 6.09 Å². The molecule has 2 N–H and O–H groups in total. The molecule has 27 heavy (non-hydrogen) atoms. The highest BCUT2D eigenvalue weighted by atomic mass is 16.6. The summed E-state index contributed by atoms with van der Waals surface area (Å²) in [5.41, 5.74) is 2.62. The van der Waals surface area contributed by atoms with Crippen LogP contribution in [-0.4, -0.2) is 51.0 Å². The zero-order valence-electron chi connectivity index (χ0n) is 15.2. The van der Waals surface area contributed by atoms with Crippen molar-refractivity contribution < 1.29 is 9.53 Å². The number of carbonyl (C=O) groups is 1. The summed E-state index contributed by atoms with van der Waals surface area (Å²) in [6.45, 7) is 2.85. The van der Waals surface area contributed by atoms with E-state index in [0.29, 0.717) is 18.6 Å². The Morgan fingerprint density at radius 2 is 2.15 bits per heavy atom. The predicted molar refractivity (Wildman–Crippen MR) is 102 cm³/mol. The Kier molecular flexibility index (Phi) is 3.84. The number of pyridine rings is 1. The van der Waals surface area contributed by atoms with Crippen LogP contribution in [0.25, 0.3) is 21.9 Å². The average molecular weight is 366 g/mol. The molecule has 0 spiro atoms. The number of carbonyl (C=O) groups excluding carboxylic acids is 1. The van der Waals surface area contributed by atoms with Gasteiger partial charge in [0, 0.05) is 29.1 Å². The molecule has 4 heterocycles. The van der Waals surface area contributed by atoms with Gasteiger partial charge < -0.3 is 15.0 Å². The number of fused-ring (bicyclic) bond motifs is 3. The highest BCUT2D eigenvalue weighted by Gasteiger charge is 2.31. The number of alkyl carbamates (subject to hydrolysis) is 1. The van der Waals surface area contributed by atoms with E-state index >= 15 is 0 Å². The highest BCUT2D eigenvalue weighted by Crippen LogP contribution is 2.34. The minimum Gasteiger partial charge on any atom is -0.444 e. The second-order valence-electron chi connectivity index (χ2n) is 7.51. The standard InChI is InChI=1S/C19H22N6O2/c1-11-2-5-13(27-19(26)23-12-3-4-12)10-25(11)16-9-22-24-15-8-21-18-14(17(15)16)6-7-20-18/h6-9,11-13,24H,2-5,10H2,1H3,(H,23,26). The fourth-order valence-corrected chi connectivity index (χ4v) is 3.85. The molecule has 3 aromatic heterocycles. The number of nitrogens with one attached hydrogen (secondary N) is 2.